The van der Waals surface area contributed by atoms with Gasteiger partial charge in [-0.15, -0.1) is 0 Å². The van der Waals surface area contributed by atoms with Crippen LogP contribution in [0.2, 0.25) is 0 Å². The van der Waals surface area contributed by atoms with Crippen molar-refractivity contribution in [3.05, 3.63) is 39.4 Å². The van der Waals surface area contributed by atoms with Crippen LogP contribution in [0.1, 0.15) is 36.9 Å². The van der Waals surface area contributed by atoms with Gasteiger partial charge in [0.05, 0.1) is 17.6 Å². The molecular formula is C17H25N3O3. The number of rotatable bonds is 5. The molecule has 3 atom stereocenters. The first-order valence-corrected chi connectivity index (χ1v) is 8.39. The topological polar surface area (TPSA) is 67.6 Å². The van der Waals surface area contributed by atoms with Crippen molar-refractivity contribution in [1.82, 2.24) is 10.2 Å². The van der Waals surface area contributed by atoms with Gasteiger partial charge in [0.1, 0.15) is 0 Å². The lowest BCUT2D eigenvalue weighted by Crippen LogP contribution is -2.49. The molecule has 2 aliphatic rings. The first kappa shape index (κ1) is 16.4. The van der Waals surface area contributed by atoms with Gasteiger partial charge in [-0.2, -0.15) is 0 Å². The summed E-state index contributed by atoms with van der Waals surface area (Å²) in [5.74, 6) is 0. The van der Waals surface area contributed by atoms with Gasteiger partial charge in [0, 0.05) is 36.8 Å². The van der Waals surface area contributed by atoms with Crippen molar-refractivity contribution in [3.63, 3.8) is 0 Å². The second kappa shape index (κ2) is 6.95. The molecule has 1 aromatic carbocycles. The van der Waals surface area contributed by atoms with Crippen molar-refractivity contribution in [2.75, 3.05) is 26.2 Å². The highest BCUT2D eigenvalue weighted by Crippen LogP contribution is 2.26. The summed E-state index contributed by atoms with van der Waals surface area (Å²) in [4.78, 5) is 13.3. The van der Waals surface area contributed by atoms with Crippen molar-refractivity contribution in [3.8, 4) is 0 Å². The minimum absolute atomic E-state index is 0.0646. The number of hydrogen-bond donors (Lipinski definition) is 1. The van der Waals surface area contributed by atoms with E-state index in [9.17, 15) is 10.1 Å². The van der Waals surface area contributed by atoms with Gasteiger partial charge in [0.15, 0.2) is 0 Å². The smallest absolute Gasteiger partial charge is 0.272 e. The van der Waals surface area contributed by atoms with Gasteiger partial charge in [-0.05, 0) is 38.8 Å². The molecule has 2 saturated heterocycles. The highest BCUT2D eigenvalue weighted by atomic mass is 16.6. The highest BCUT2D eigenvalue weighted by Gasteiger charge is 2.32. The fourth-order valence-corrected chi connectivity index (χ4v) is 3.74. The predicted molar refractivity (Wildman–Crippen MR) is 88.6 cm³/mol. The first-order chi connectivity index (χ1) is 11.1. The molecule has 6 heteroatoms. The second-order valence-corrected chi connectivity index (χ2v) is 6.62. The average Bonchev–Trinajstić information content (AvgIpc) is 3.00. The lowest BCUT2D eigenvalue weighted by molar-refractivity contribution is -0.385. The largest absolute Gasteiger partial charge is 0.374 e. The van der Waals surface area contributed by atoms with E-state index in [2.05, 4.69) is 10.2 Å². The van der Waals surface area contributed by atoms with Crippen LogP contribution in [0.3, 0.4) is 0 Å². The van der Waals surface area contributed by atoms with E-state index in [-0.39, 0.29) is 22.8 Å². The zero-order chi connectivity index (χ0) is 16.4. The molecule has 126 valence electrons. The molecule has 0 bridgehead atoms. The van der Waals surface area contributed by atoms with E-state index in [1.807, 2.05) is 19.9 Å². The van der Waals surface area contributed by atoms with Crippen LogP contribution in [0.25, 0.3) is 0 Å². The highest BCUT2D eigenvalue weighted by molar-refractivity contribution is 5.45. The number of morpholine rings is 1. The monoisotopic (exact) mass is 319 g/mol. The summed E-state index contributed by atoms with van der Waals surface area (Å²) in [7, 11) is 0. The third-order valence-electron chi connectivity index (χ3n) is 5.12. The number of ether oxygens (including phenoxy) is 1. The molecule has 0 saturated carbocycles. The summed E-state index contributed by atoms with van der Waals surface area (Å²) in [6.45, 7) is 7.64. The molecule has 6 nitrogen and oxygen atoms in total. The van der Waals surface area contributed by atoms with E-state index in [4.69, 9.17) is 4.74 Å². The fourth-order valence-electron chi connectivity index (χ4n) is 3.74. The van der Waals surface area contributed by atoms with Gasteiger partial charge in [0.2, 0.25) is 0 Å². The summed E-state index contributed by atoms with van der Waals surface area (Å²) in [6.07, 6.45) is 2.73. The lowest BCUT2D eigenvalue weighted by Gasteiger charge is -2.35. The Morgan fingerprint density at radius 3 is 3.13 bits per heavy atom. The standard InChI is InChI=1S/C17H25N3O3/c1-12-16(6-3-7-17(12)20(21)22)13(2)18-9-15-10-19-8-4-5-14(19)11-23-15/h3,6-7,13-15,18H,4-5,8-11H2,1-2H3. The molecule has 3 unspecified atom stereocenters. The van der Waals surface area contributed by atoms with E-state index in [1.165, 1.54) is 19.4 Å². The molecule has 0 radical (unpaired) electrons. The Morgan fingerprint density at radius 2 is 2.35 bits per heavy atom. The number of fused-ring (bicyclic) bond motifs is 1. The second-order valence-electron chi connectivity index (χ2n) is 6.62. The van der Waals surface area contributed by atoms with Crippen molar-refractivity contribution in [2.24, 2.45) is 0 Å². The fraction of sp³-hybridized carbons (Fsp3) is 0.647. The van der Waals surface area contributed by atoms with Gasteiger partial charge in [-0.1, -0.05) is 12.1 Å². The Kier molecular flexibility index (Phi) is 4.94. The summed E-state index contributed by atoms with van der Waals surface area (Å²) in [6, 6.07) is 5.95. The molecule has 2 aliphatic heterocycles. The van der Waals surface area contributed by atoms with E-state index in [0.717, 1.165) is 30.8 Å². The normalized spacial score (nSPS) is 26.0. The quantitative estimate of drug-likeness (QED) is 0.667. The maximum Gasteiger partial charge on any atom is 0.272 e. The Hall–Kier alpha value is -1.50. The number of nitrogens with zero attached hydrogens (tertiary/aromatic N) is 2. The van der Waals surface area contributed by atoms with E-state index in [1.54, 1.807) is 12.1 Å². The molecule has 0 aliphatic carbocycles. The Bertz CT molecular complexity index is 578. The first-order valence-electron chi connectivity index (χ1n) is 8.39. The Morgan fingerprint density at radius 1 is 1.52 bits per heavy atom. The average molecular weight is 319 g/mol. The SMILES string of the molecule is Cc1c(C(C)NCC2CN3CCCC3CO2)cccc1[N+](=O)[O-]. The third kappa shape index (κ3) is 3.54. The number of benzene rings is 1. The predicted octanol–water partition coefficient (Wildman–Crippen LogP) is 2.42. The minimum atomic E-state index is -0.316. The molecule has 0 aromatic heterocycles. The van der Waals surface area contributed by atoms with Gasteiger partial charge in [-0.25, -0.2) is 0 Å². The number of nitro benzene ring substituents is 1. The van der Waals surface area contributed by atoms with Crippen molar-refractivity contribution in [1.29, 1.82) is 0 Å². The molecule has 2 fully saturated rings. The molecule has 1 N–H and O–H groups in total. The zero-order valence-corrected chi connectivity index (χ0v) is 13.8. The van der Waals surface area contributed by atoms with Gasteiger partial charge < -0.3 is 10.1 Å². The van der Waals surface area contributed by atoms with Crippen molar-refractivity contribution >= 4 is 5.69 Å². The van der Waals surface area contributed by atoms with Crippen LogP contribution in [0, 0.1) is 17.0 Å². The number of hydrogen-bond acceptors (Lipinski definition) is 5. The third-order valence-corrected chi connectivity index (χ3v) is 5.12. The van der Waals surface area contributed by atoms with E-state index in [0.29, 0.717) is 6.04 Å². The summed E-state index contributed by atoms with van der Waals surface area (Å²) in [5.41, 5.74) is 1.90. The van der Waals surface area contributed by atoms with Crippen LogP contribution in [-0.2, 0) is 4.74 Å². The maximum absolute atomic E-state index is 11.1. The van der Waals surface area contributed by atoms with Crippen LogP contribution in [0.15, 0.2) is 18.2 Å². The molecule has 1 aromatic rings. The number of nitrogens with one attached hydrogen (secondary N) is 1. The van der Waals surface area contributed by atoms with Gasteiger partial charge in [-0.3, -0.25) is 15.0 Å². The van der Waals surface area contributed by atoms with Crippen LogP contribution in [0.4, 0.5) is 5.69 Å². The summed E-state index contributed by atoms with van der Waals surface area (Å²) in [5, 5.41) is 14.5. The minimum Gasteiger partial charge on any atom is -0.374 e. The van der Waals surface area contributed by atoms with Crippen LogP contribution < -0.4 is 5.32 Å². The van der Waals surface area contributed by atoms with E-state index >= 15 is 0 Å². The molecule has 0 amide bonds. The van der Waals surface area contributed by atoms with Crippen molar-refractivity contribution in [2.45, 2.75) is 44.9 Å². The molecule has 23 heavy (non-hydrogen) atoms. The maximum atomic E-state index is 11.1. The van der Waals surface area contributed by atoms with E-state index < -0.39 is 0 Å². The molecule has 0 spiro atoms. The molecular weight excluding hydrogens is 294 g/mol. The van der Waals surface area contributed by atoms with Gasteiger partial charge in [0.25, 0.3) is 5.69 Å². The molecule has 3 rings (SSSR count). The molecule has 2 heterocycles. The summed E-state index contributed by atoms with van der Waals surface area (Å²) >= 11 is 0. The zero-order valence-electron chi connectivity index (χ0n) is 13.8. The summed E-state index contributed by atoms with van der Waals surface area (Å²) < 4.78 is 5.96. The Balaban J connectivity index is 1.58. The van der Waals surface area contributed by atoms with Gasteiger partial charge >= 0.3 is 0 Å². The van der Waals surface area contributed by atoms with Crippen LogP contribution in [0.5, 0.6) is 0 Å². The Labute approximate surface area is 137 Å². The lowest BCUT2D eigenvalue weighted by atomic mass is 10.0. The van der Waals surface area contributed by atoms with Crippen molar-refractivity contribution < 1.29 is 9.66 Å². The van der Waals surface area contributed by atoms with Crippen LogP contribution >= 0.6 is 0 Å². The van der Waals surface area contributed by atoms with Crippen LogP contribution in [-0.4, -0.2) is 48.2 Å². The number of nitro groups is 1.